The first-order valence-corrected chi connectivity index (χ1v) is 8.11. The van der Waals surface area contributed by atoms with Crippen molar-refractivity contribution in [3.8, 4) is 0 Å². The summed E-state index contributed by atoms with van der Waals surface area (Å²) in [6, 6.07) is 17.1. The van der Waals surface area contributed by atoms with Crippen molar-refractivity contribution in [2.24, 2.45) is 5.73 Å². The van der Waals surface area contributed by atoms with Crippen LogP contribution in [-0.2, 0) is 17.9 Å². The van der Waals surface area contributed by atoms with Crippen molar-refractivity contribution in [3.05, 3.63) is 76.3 Å². The van der Waals surface area contributed by atoms with Crippen molar-refractivity contribution in [3.63, 3.8) is 0 Å². The third-order valence-electron chi connectivity index (χ3n) is 4.12. The largest absolute Gasteiger partial charge is 0.368 e. The summed E-state index contributed by atoms with van der Waals surface area (Å²) < 4.78 is 1.34. The topological polar surface area (TPSA) is 90.0 Å². The van der Waals surface area contributed by atoms with Gasteiger partial charge in [-0.3, -0.25) is 14.2 Å². The molecule has 2 aromatic carbocycles. The molecule has 0 unspecified atom stereocenters. The summed E-state index contributed by atoms with van der Waals surface area (Å²) >= 11 is 0. The fraction of sp³-hybridized carbons (Fsp3) is 0.211. The maximum Gasteiger partial charge on any atom is 0.261 e. The lowest BCUT2D eigenvalue weighted by Crippen LogP contribution is -2.33. The molecule has 0 saturated heterocycles. The highest BCUT2D eigenvalue weighted by molar-refractivity contribution is 5.78. The zero-order valence-corrected chi connectivity index (χ0v) is 14.0. The molecule has 6 heteroatoms. The number of fused-ring (bicyclic) bond motifs is 1. The van der Waals surface area contributed by atoms with E-state index in [0.717, 1.165) is 5.56 Å². The summed E-state index contributed by atoms with van der Waals surface area (Å²) in [5, 5.41) is 3.82. The van der Waals surface area contributed by atoms with Gasteiger partial charge in [-0.05, 0) is 24.6 Å². The summed E-state index contributed by atoms with van der Waals surface area (Å²) in [4.78, 5) is 28.6. The molecule has 0 spiro atoms. The zero-order valence-electron chi connectivity index (χ0n) is 14.0. The number of nitrogens with zero attached hydrogens (tertiary/aromatic N) is 2. The molecule has 0 aliphatic rings. The SMILES string of the molecule is C[C@H](NCc1nc2ccccc2c(=O)n1CC(N)=O)c1ccccc1. The van der Waals surface area contributed by atoms with Crippen molar-refractivity contribution in [1.29, 1.82) is 0 Å². The monoisotopic (exact) mass is 336 g/mol. The molecule has 0 fully saturated rings. The molecule has 1 heterocycles. The number of nitrogens with one attached hydrogen (secondary N) is 1. The van der Waals surface area contributed by atoms with Crippen LogP contribution in [0.3, 0.4) is 0 Å². The highest BCUT2D eigenvalue weighted by Crippen LogP contribution is 2.13. The summed E-state index contributed by atoms with van der Waals surface area (Å²) in [6.07, 6.45) is 0. The Morgan fingerprint density at radius 2 is 1.84 bits per heavy atom. The van der Waals surface area contributed by atoms with Gasteiger partial charge in [-0.2, -0.15) is 0 Å². The Morgan fingerprint density at radius 1 is 1.16 bits per heavy atom. The Labute approximate surface area is 145 Å². The molecule has 3 aromatic rings. The van der Waals surface area contributed by atoms with Gasteiger partial charge in [-0.1, -0.05) is 42.5 Å². The molecule has 1 aromatic heterocycles. The number of hydrogen-bond donors (Lipinski definition) is 2. The Morgan fingerprint density at radius 3 is 2.56 bits per heavy atom. The molecule has 0 aliphatic carbocycles. The average molecular weight is 336 g/mol. The minimum atomic E-state index is -0.573. The number of primary amides is 1. The molecule has 128 valence electrons. The second-order valence-corrected chi connectivity index (χ2v) is 5.92. The van der Waals surface area contributed by atoms with Crippen LogP contribution >= 0.6 is 0 Å². The summed E-state index contributed by atoms with van der Waals surface area (Å²) in [5.41, 5.74) is 6.79. The van der Waals surface area contributed by atoms with E-state index in [2.05, 4.69) is 10.3 Å². The summed E-state index contributed by atoms with van der Waals surface area (Å²) in [7, 11) is 0. The van der Waals surface area contributed by atoms with E-state index in [1.807, 2.05) is 43.3 Å². The number of carbonyl (C=O) groups excluding carboxylic acids is 1. The van der Waals surface area contributed by atoms with Crippen LogP contribution in [0.5, 0.6) is 0 Å². The van der Waals surface area contributed by atoms with Crippen molar-refractivity contribution in [1.82, 2.24) is 14.9 Å². The third kappa shape index (κ3) is 3.75. The predicted octanol–water partition coefficient (Wildman–Crippen LogP) is 1.73. The van der Waals surface area contributed by atoms with Crippen LogP contribution in [0.4, 0.5) is 0 Å². The van der Waals surface area contributed by atoms with Crippen molar-refractivity contribution >= 4 is 16.8 Å². The number of amides is 1. The van der Waals surface area contributed by atoms with Crippen molar-refractivity contribution in [2.75, 3.05) is 0 Å². The quantitative estimate of drug-likeness (QED) is 0.717. The van der Waals surface area contributed by atoms with Gasteiger partial charge < -0.3 is 11.1 Å². The fourth-order valence-electron chi connectivity index (χ4n) is 2.77. The van der Waals surface area contributed by atoms with Gasteiger partial charge in [0.25, 0.3) is 5.56 Å². The zero-order chi connectivity index (χ0) is 17.8. The van der Waals surface area contributed by atoms with Gasteiger partial charge in [0.1, 0.15) is 12.4 Å². The van der Waals surface area contributed by atoms with Gasteiger partial charge in [0.2, 0.25) is 5.91 Å². The number of rotatable bonds is 6. The van der Waals surface area contributed by atoms with E-state index in [9.17, 15) is 9.59 Å². The standard InChI is InChI=1S/C19H20N4O2/c1-13(14-7-3-2-4-8-14)21-11-18-22-16-10-6-5-9-15(16)19(25)23(18)12-17(20)24/h2-10,13,21H,11-12H2,1H3,(H2,20,24)/t13-/m0/s1. The van der Waals surface area contributed by atoms with E-state index in [-0.39, 0.29) is 18.1 Å². The lowest BCUT2D eigenvalue weighted by Gasteiger charge is -2.17. The first-order valence-electron chi connectivity index (χ1n) is 8.11. The molecule has 3 N–H and O–H groups in total. The first-order chi connectivity index (χ1) is 12.1. The molecule has 3 rings (SSSR count). The van der Waals surface area contributed by atoms with E-state index in [1.54, 1.807) is 18.2 Å². The molecule has 0 aliphatic heterocycles. The van der Waals surface area contributed by atoms with Gasteiger partial charge >= 0.3 is 0 Å². The van der Waals surface area contributed by atoms with Crippen molar-refractivity contribution in [2.45, 2.75) is 26.1 Å². The Balaban J connectivity index is 1.94. The number of benzene rings is 2. The van der Waals surface area contributed by atoms with E-state index < -0.39 is 5.91 Å². The van der Waals surface area contributed by atoms with Crippen LogP contribution < -0.4 is 16.6 Å². The van der Waals surface area contributed by atoms with Crippen LogP contribution in [0.1, 0.15) is 24.4 Å². The highest BCUT2D eigenvalue weighted by Gasteiger charge is 2.13. The minimum absolute atomic E-state index is 0.0756. The number of carbonyl (C=O) groups is 1. The van der Waals surface area contributed by atoms with E-state index in [1.165, 1.54) is 4.57 Å². The van der Waals surface area contributed by atoms with Gasteiger partial charge in [-0.15, -0.1) is 0 Å². The average Bonchev–Trinajstić information content (AvgIpc) is 2.63. The first kappa shape index (κ1) is 16.9. The van der Waals surface area contributed by atoms with E-state index >= 15 is 0 Å². The van der Waals surface area contributed by atoms with Gasteiger partial charge in [0.15, 0.2) is 0 Å². The smallest absolute Gasteiger partial charge is 0.261 e. The molecule has 1 atom stereocenters. The summed E-state index contributed by atoms with van der Waals surface area (Å²) in [6.45, 7) is 2.20. The molecule has 0 bridgehead atoms. The van der Waals surface area contributed by atoms with Crippen molar-refractivity contribution < 1.29 is 4.79 Å². The van der Waals surface area contributed by atoms with E-state index in [4.69, 9.17) is 5.73 Å². The van der Waals surface area contributed by atoms with Gasteiger partial charge in [0, 0.05) is 6.04 Å². The van der Waals surface area contributed by atoms with Crippen LogP contribution in [0.15, 0.2) is 59.4 Å². The Bertz CT molecular complexity index is 951. The van der Waals surface area contributed by atoms with Crippen LogP contribution in [-0.4, -0.2) is 15.5 Å². The number of hydrogen-bond acceptors (Lipinski definition) is 4. The Hall–Kier alpha value is -2.99. The lowest BCUT2D eigenvalue weighted by molar-refractivity contribution is -0.118. The molecular formula is C19H20N4O2. The maximum absolute atomic E-state index is 12.7. The van der Waals surface area contributed by atoms with E-state index in [0.29, 0.717) is 23.3 Å². The number of nitrogens with two attached hydrogens (primary N) is 1. The predicted molar refractivity (Wildman–Crippen MR) is 96.9 cm³/mol. The number of aromatic nitrogens is 2. The number of para-hydroxylation sites is 1. The molecule has 6 nitrogen and oxygen atoms in total. The highest BCUT2D eigenvalue weighted by atomic mass is 16.2. The molecule has 1 amide bonds. The third-order valence-corrected chi connectivity index (χ3v) is 4.12. The Kier molecular flexibility index (Phi) is 4.90. The second kappa shape index (κ2) is 7.27. The molecule has 0 radical (unpaired) electrons. The molecular weight excluding hydrogens is 316 g/mol. The summed E-state index contributed by atoms with van der Waals surface area (Å²) in [5.74, 6) is -0.0816. The van der Waals surface area contributed by atoms with Crippen LogP contribution in [0.25, 0.3) is 10.9 Å². The van der Waals surface area contributed by atoms with Gasteiger partial charge in [0.05, 0.1) is 17.4 Å². The maximum atomic E-state index is 12.7. The molecule has 25 heavy (non-hydrogen) atoms. The van der Waals surface area contributed by atoms with Crippen LogP contribution in [0, 0.1) is 0 Å². The lowest BCUT2D eigenvalue weighted by atomic mass is 10.1. The fourth-order valence-corrected chi connectivity index (χ4v) is 2.77. The minimum Gasteiger partial charge on any atom is -0.368 e. The van der Waals surface area contributed by atoms with Crippen LogP contribution in [0.2, 0.25) is 0 Å². The second-order valence-electron chi connectivity index (χ2n) is 5.92. The molecule has 0 saturated carbocycles. The normalized spacial score (nSPS) is 12.2. The van der Waals surface area contributed by atoms with Gasteiger partial charge in [-0.25, -0.2) is 4.98 Å².